The fourth-order valence-electron chi connectivity index (χ4n) is 2.03. The van der Waals surface area contributed by atoms with Crippen molar-refractivity contribution in [3.63, 3.8) is 0 Å². The number of rotatable bonds is 7. The quantitative estimate of drug-likeness (QED) is 0.322. The highest BCUT2D eigenvalue weighted by atomic mass is 32.2. The predicted octanol–water partition coefficient (Wildman–Crippen LogP) is 1.90. The molecule has 0 atom stereocenters. The average Bonchev–Trinajstić information content (AvgIpc) is 2.53. The van der Waals surface area contributed by atoms with Crippen LogP contribution in [0, 0.1) is 20.2 Å². The van der Waals surface area contributed by atoms with Gasteiger partial charge >= 0.3 is 5.85 Å². The van der Waals surface area contributed by atoms with E-state index < -0.39 is 37.1 Å². The van der Waals surface area contributed by atoms with Gasteiger partial charge in [0.25, 0.3) is 10.1 Å². The molecular formula is C14H12N2O7S. The van der Waals surface area contributed by atoms with Crippen molar-refractivity contribution in [1.82, 2.24) is 0 Å². The van der Waals surface area contributed by atoms with Gasteiger partial charge in [-0.05, 0) is 17.7 Å². The van der Waals surface area contributed by atoms with Gasteiger partial charge in [0.1, 0.15) is 21.2 Å². The molecule has 0 heterocycles. The van der Waals surface area contributed by atoms with Crippen LogP contribution in [0.5, 0.6) is 0 Å². The molecule has 2 aromatic rings. The highest BCUT2D eigenvalue weighted by Gasteiger charge is 2.64. The zero-order chi connectivity index (χ0) is 17.8. The van der Waals surface area contributed by atoms with Gasteiger partial charge < -0.3 is 0 Å². The van der Waals surface area contributed by atoms with Gasteiger partial charge in [-0.15, -0.1) is 4.18 Å². The number of hydrogen-bond donors (Lipinski definition) is 0. The summed E-state index contributed by atoms with van der Waals surface area (Å²) in [5.74, 6) is -4.17. The largest absolute Gasteiger partial charge is 0.620 e. The van der Waals surface area contributed by atoms with Crippen molar-refractivity contribution in [2.24, 2.45) is 0 Å². The van der Waals surface area contributed by atoms with Crippen molar-refractivity contribution in [1.29, 1.82) is 0 Å². The predicted molar refractivity (Wildman–Crippen MR) is 82.3 cm³/mol. The van der Waals surface area contributed by atoms with Crippen molar-refractivity contribution in [3.05, 3.63) is 92.0 Å². The first-order valence-electron chi connectivity index (χ1n) is 6.60. The number of hydrogen-bond acceptors (Lipinski definition) is 7. The molecular weight excluding hydrogens is 340 g/mol. The molecule has 0 bridgehead atoms. The van der Waals surface area contributed by atoms with Crippen LogP contribution in [0.1, 0.15) is 11.1 Å². The molecule has 0 saturated carbocycles. The topological polar surface area (TPSA) is 130 Å². The summed E-state index contributed by atoms with van der Waals surface area (Å²) < 4.78 is 28.8. The molecule has 24 heavy (non-hydrogen) atoms. The second-order valence-electron chi connectivity index (χ2n) is 4.76. The smallest absolute Gasteiger partial charge is 0.256 e. The Morgan fingerprint density at radius 2 is 1.33 bits per heavy atom. The molecule has 0 saturated heterocycles. The van der Waals surface area contributed by atoms with Crippen molar-refractivity contribution < 1.29 is 22.4 Å². The van der Waals surface area contributed by atoms with Gasteiger partial charge in [-0.2, -0.15) is 8.42 Å². The molecule has 0 aliphatic carbocycles. The molecule has 2 aromatic carbocycles. The normalized spacial score (nSPS) is 11.8. The Hall–Kier alpha value is -2.85. The third-order valence-electron chi connectivity index (χ3n) is 3.07. The molecule has 9 nitrogen and oxygen atoms in total. The highest BCUT2D eigenvalue weighted by Crippen LogP contribution is 2.30. The summed E-state index contributed by atoms with van der Waals surface area (Å²) in [4.78, 5) is 20.0. The number of benzene rings is 2. The van der Waals surface area contributed by atoms with E-state index in [-0.39, 0.29) is 5.56 Å². The molecule has 0 N–H and O–H groups in total. The summed E-state index contributed by atoms with van der Waals surface area (Å²) >= 11 is 0. The molecule has 0 radical (unpaired) electrons. The molecule has 126 valence electrons. The van der Waals surface area contributed by atoms with Gasteiger partial charge in [-0.1, -0.05) is 48.5 Å². The second kappa shape index (κ2) is 6.72. The van der Waals surface area contributed by atoms with Gasteiger partial charge in [0, 0.05) is 0 Å². The molecule has 0 spiro atoms. The summed E-state index contributed by atoms with van der Waals surface area (Å²) in [7, 11) is -4.61. The molecule has 0 unspecified atom stereocenters. The molecule has 0 aromatic heterocycles. The van der Waals surface area contributed by atoms with E-state index in [2.05, 4.69) is 4.18 Å². The maximum atomic E-state index is 12.2. The lowest BCUT2D eigenvalue weighted by Crippen LogP contribution is -2.47. The van der Waals surface area contributed by atoms with Crippen molar-refractivity contribution in [3.8, 4) is 0 Å². The van der Waals surface area contributed by atoms with Gasteiger partial charge in [0.2, 0.25) is 0 Å². The van der Waals surface area contributed by atoms with Crippen LogP contribution in [0.2, 0.25) is 0 Å². The minimum absolute atomic E-state index is 0.283. The highest BCUT2D eigenvalue weighted by molar-refractivity contribution is 7.85. The third kappa shape index (κ3) is 3.55. The fraction of sp³-hybridized carbons (Fsp3) is 0.143. The average molecular weight is 352 g/mol. The molecule has 2 rings (SSSR count). The van der Waals surface area contributed by atoms with E-state index >= 15 is 0 Å². The Labute approximate surface area is 136 Å². The van der Waals surface area contributed by atoms with Gasteiger partial charge in [0.05, 0.1) is 0 Å². The summed E-state index contributed by atoms with van der Waals surface area (Å²) in [6, 6.07) is 13.9. The van der Waals surface area contributed by atoms with Crippen molar-refractivity contribution in [2.45, 2.75) is 11.6 Å². The summed E-state index contributed by atoms with van der Waals surface area (Å²) in [6.07, 6.45) is 0. The second-order valence-corrected chi connectivity index (χ2v) is 6.33. The molecule has 0 aliphatic rings. The Balaban J connectivity index is 2.46. The Morgan fingerprint density at radius 3 is 1.79 bits per heavy atom. The summed E-state index contributed by atoms with van der Waals surface area (Å²) in [6.45, 7) is 0. The van der Waals surface area contributed by atoms with E-state index in [4.69, 9.17) is 0 Å². The summed E-state index contributed by atoms with van der Waals surface area (Å²) in [5.41, 5.74) is -0.220. The molecule has 0 fully saturated rings. The summed E-state index contributed by atoms with van der Waals surface area (Å²) in [5, 5.41) is 22.7. The van der Waals surface area contributed by atoms with Gasteiger partial charge in [-0.3, -0.25) is 20.2 Å². The van der Waals surface area contributed by atoms with E-state index in [1.807, 2.05) is 0 Å². The Bertz CT molecular complexity index is 824. The van der Waals surface area contributed by atoms with Crippen LogP contribution in [-0.4, -0.2) is 18.3 Å². The van der Waals surface area contributed by atoms with Crippen LogP contribution in [0.25, 0.3) is 0 Å². The lowest BCUT2D eigenvalue weighted by atomic mass is 10.1. The van der Waals surface area contributed by atoms with Crippen LogP contribution >= 0.6 is 0 Å². The maximum Gasteiger partial charge on any atom is 0.620 e. The number of nitro groups is 2. The van der Waals surface area contributed by atoms with Crippen LogP contribution in [-0.2, 0) is 25.9 Å². The first-order chi connectivity index (χ1) is 11.3. The van der Waals surface area contributed by atoms with Gasteiger partial charge in [0.15, 0.2) is 0 Å². The van der Waals surface area contributed by atoms with Crippen LogP contribution in [0.3, 0.4) is 0 Å². The molecule has 0 aliphatic heterocycles. The molecule has 0 amide bonds. The minimum Gasteiger partial charge on any atom is -0.256 e. The maximum absolute atomic E-state index is 12.2. The first-order valence-corrected chi connectivity index (χ1v) is 8.17. The van der Waals surface area contributed by atoms with E-state index in [1.165, 1.54) is 30.3 Å². The van der Waals surface area contributed by atoms with E-state index in [0.29, 0.717) is 0 Å². The van der Waals surface area contributed by atoms with E-state index in [1.54, 1.807) is 18.2 Å². The van der Waals surface area contributed by atoms with Crippen LogP contribution in [0.4, 0.5) is 0 Å². The monoisotopic (exact) mass is 352 g/mol. The fourth-order valence-corrected chi connectivity index (χ4v) is 3.26. The van der Waals surface area contributed by atoms with E-state index in [9.17, 15) is 28.6 Å². The number of nitrogens with zero attached hydrogens (tertiary/aromatic N) is 2. The zero-order valence-corrected chi connectivity index (χ0v) is 13.0. The van der Waals surface area contributed by atoms with Crippen molar-refractivity contribution in [2.75, 3.05) is 0 Å². The van der Waals surface area contributed by atoms with Gasteiger partial charge in [-0.25, -0.2) is 0 Å². The zero-order valence-electron chi connectivity index (χ0n) is 12.1. The van der Waals surface area contributed by atoms with Crippen LogP contribution < -0.4 is 0 Å². The van der Waals surface area contributed by atoms with Crippen molar-refractivity contribution >= 4 is 10.1 Å². The lowest BCUT2D eigenvalue weighted by Gasteiger charge is -2.16. The molecule has 10 heteroatoms. The standard InChI is InChI=1S/C14H12N2O7S/c17-15(18)14(16(19)20,13-9-5-2-6-10-13)23-24(21,22)11-12-7-3-1-4-8-12/h1-10H,11H2. The third-order valence-corrected chi connectivity index (χ3v) is 4.25. The van der Waals surface area contributed by atoms with E-state index in [0.717, 1.165) is 12.1 Å². The lowest BCUT2D eigenvalue weighted by molar-refractivity contribution is -0.854. The minimum atomic E-state index is -4.61. The Morgan fingerprint density at radius 1 is 0.875 bits per heavy atom. The Kier molecular flexibility index (Phi) is 4.90. The van der Waals surface area contributed by atoms with Crippen LogP contribution in [0.15, 0.2) is 60.7 Å². The first kappa shape index (κ1) is 17.5. The SMILES string of the molecule is O=[N+]([O-])C(OS(=O)(=O)Cc1ccccc1)(c1ccccc1)[N+](=O)[O-].